The lowest BCUT2D eigenvalue weighted by Gasteiger charge is -2.07. The number of nitrogen functional groups attached to an aromatic ring is 1. The molecule has 0 saturated heterocycles. The Bertz CT molecular complexity index is 557. The van der Waals surface area contributed by atoms with E-state index in [0.717, 1.165) is 32.3 Å². The van der Waals surface area contributed by atoms with Crippen LogP contribution in [0.25, 0.3) is 11.5 Å². The first-order valence-corrected chi connectivity index (χ1v) is 7.42. The second kappa shape index (κ2) is 5.92. The molecule has 2 N–H and O–H groups in total. The van der Waals surface area contributed by atoms with Crippen LogP contribution in [0.2, 0.25) is 0 Å². The smallest absolute Gasteiger partial charge is 0.180 e. The van der Waals surface area contributed by atoms with Gasteiger partial charge in [0, 0.05) is 10.7 Å². The molecule has 0 aliphatic heterocycles. The molecule has 0 aromatic carbocycles. The molecule has 0 saturated carbocycles. The molecule has 0 spiro atoms. The highest BCUT2D eigenvalue weighted by Gasteiger charge is 2.11. The molecular weight excluding hydrogens is 407 g/mol. The Hall–Kier alpha value is -0.760. The molecule has 0 fully saturated rings. The first kappa shape index (κ1) is 13.7. The van der Waals surface area contributed by atoms with Crippen molar-refractivity contribution in [2.24, 2.45) is 0 Å². The highest BCUT2D eigenvalue weighted by atomic mass is 127. The van der Waals surface area contributed by atoms with Crippen LogP contribution in [0.1, 0.15) is 19.0 Å². The predicted molar refractivity (Wildman–Crippen MR) is 84.1 cm³/mol. The van der Waals surface area contributed by atoms with E-state index in [2.05, 4.69) is 60.4 Å². The van der Waals surface area contributed by atoms with Gasteiger partial charge in [0.15, 0.2) is 5.82 Å². The number of hydrogen-bond donors (Lipinski definition) is 1. The van der Waals surface area contributed by atoms with Gasteiger partial charge in [-0.3, -0.25) is 4.98 Å². The maximum absolute atomic E-state index is 5.92. The van der Waals surface area contributed by atoms with Gasteiger partial charge < -0.3 is 5.73 Å². The summed E-state index contributed by atoms with van der Waals surface area (Å²) in [7, 11) is 0. The number of pyridine rings is 1. The maximum Gasteiger partial charge on any atom is 0.180 e. The van der Waals surface area contributed by atoms with Crippen molar-refractivity contribution in [1.82, 2.24) is 15.0 Å². The van der Waals surface area contributed by atoms with Crippen molar-refractivity contribution in [1.29, 1.82) is 0 Å². The van der Waals surface area contributed by atoms with E-state index in [-0.39, 0.29) is 0 Å². The van der Waals surface area contributed by atoms with Gasteiger partial charge in [-0.15, -0.1) is 0 Å². The zero-order valence-corrected chi connectivity index (χ0v) is 13.6. The topological polar surface area (TPSA) is 64.7 Å². The molecule has 0 aliphatic rings. The first-order chi connectivity index (χ1) is 8.61. The Morgan fingerprint density at radius 1 is 1.33 bits per heavy atom. The van der Waals surface area contributed by atoms with Crippen LogP contribution in [0.5, 0.6) is 0 Å². The molecule has 94 valence electrons. The van der Waals surface area contributed by atoms with E-state index in [1.54, 1.807) is 6.20 Å². The van der Waals surface area contributed by atoms with Crippen LogP contribution in [-0.4, -0.2) is 15.0 Å². The van der Waals surface area contributed by atoms with Crippen LogP contribution in [0.15, 0.2) is 22.8 Å². The molecule has 18 heavy (non-hydrogen) atoms. The first-order valence-electron chi connectivity index (χ1n) is 5.55. The molecule has 0 aliphatic carbocycles. The summed E-state index contributed by atoms with van der Waals surface area (Å²) in [6, 6.07) is 3.79. The van der Waals surface area contributed by atoms with Crippen LogP contribution in [0, 0.1) is 3.57 Å². The Morgan fingerprint density at radius 3 is 2.72 bits per heavy atom. The van der Waals surface area contributed by atoms with Crippen LogP contribution in [0.3, 0.4) is 0 Å². The summed E-state index contributed by atoms with van der Waals surface area (Å²) < 4.78 is 1.87. The van der Waals surface area contributed by atoms with Crippen LogP contribution >= 0.6 is 38.5 Å². The van der Waals surface area contributed by atoms with E-state index in [4.69, 9.17) is 5.73 Å². The van der Waals surface area contributed by atoms with E-state index in [1.165, 1.54) is 0 Å². The van der Waals surface area contributed by atoms with Crippen molar-refractivity contribution in [3.05, 3.63) is 32.1 Å². The fourth-order valence-corrected chi connectivity index (χ4v) is 2.28. The molecule has 4 nitrogen and oxygen atoms in total. The average Bonchev–Trinajstić information content (AvgIpc) is 2.36. The maximum atomic E-state index is 5.92. The number of nitrogens with two attached hydrogens (primary N) is 1. The summed E-state index contributed by atoms with van der Waals surface area (Å²) in [6.07, 6.45) is 3.65. The van der Waals surface area contributed by atoms with Crippen LogP contribution in [-0.2, 0) is 6.42 Å². The normalized spacial score (nSPS) is 10.6. The molecule has 2 aromatic heterocycles. The van der Waals surface area contributed by atoms with Crippen molar-refractivity contribution in [2.45, 2.75) is 19.8 Å². The van der Waals surface area contributed by atoms with Gasteiger partial charge >= 0.3 is 0 Å². The summed E-state index contributed by atoms with van der Waals surface area (Å²) in [5.74, 6) is 1.11. The summed E-state index contributed by atoms with van der Waals surface area (Å²) in [4.78, 5) is 13.1. The highest BCUT2D eigenvalue weighted by Crippen LogP contribution is 2.22. The lowest BCUT2D eigenvalue weighted by Crippen LogP contribution is -2.05. The third-order valence-corrected chi connectivity index (χ3v) is 4.03. The van der Waals surface area contributed by atoms with Gasteiger partial charge in [-0.25, -0.2) is 9.97 Å². The second-order valence-corrected chi connectivity index (χ2v) is 5.80. The van der Waals surface area contributed by atoms with Gasteiger partial charge in [0.25, 0.3) is 0 Å². The molecule has 6 heteroatoms. The summed E-state index contributed by atoms with van der Waals surface area (Å²) in [5.41, 5.74) is 7.65. The van der Waals surface area contributed by atoms with E-state index in [0.29, 0.717) is 11.6 Å². The number of rotatable bonds is 3. The fraction of sp³-hybridized carbons (Fsp3) is 0.250. The van der Waals surface area contributed by atoms with Gasteiger partial charge in [-0.05, 0) is 57.1 Å². The van der Waals surface area contributed by atoms with Gasteiger partial charge in [-0.1, -0.05) is 13.3 Å². The van der Waals surface area contributed by atoms with Crippen molar-refractivity contribution in [2.75, 3.05) is 5.73 Å². The van der Waals surface area contributed by atoms with Crippen molar-refractivity contribution in [3.8, 4) is 11.5 Å². The third kappa shape index (κ3) is 2.97. The fourth-order valence-electron chi connectivity index (χ4n) is 1.54. The zero-order chi connectivity index (χ0) is 13.1. The standard InChI is InChI=1S/C12H12BrIN4/c1-2-3-8-10(14)11(15)18-12(17-8)9-5-4-7(13)6-16-9/h4-6H,2-3H2,1H3,(H2,15,17,18). The van der Waals surface area contributed by atoms with Gasteiger partial charge in [-0.2, -0.15) is 0 Å². The summed E-state index contributed by atoms with van der Waals surface area (Å²) >= 11 is 5.55. The Balaban J connectivity index is 2.48. The minimum Gasteiger partial charge on any atom is -0.383 e. The number of halogens is 2. The average molecular weight is 419 g/mol. The molecule has 0 unspecified atom stereocenters. The van der Waals surface area contributed by atoms with E-state index < -0.39 is 0 Å². The van der Waals surface area contributed by atoms with Crippen LogP contribution in [0.4, 0.5) is 5.82 Å². The van der Waals surface area contributed by atoms with Crippen molar-refractivity contribution in [3.63, 3.8) is 0 Å². The summed E-state index contributed by atoms with van der Waals surface area (Å²) in [5, 5.41) is 0. The Kier molecular flexibility index (Phi) is 4.50. The molecular formula is C12H12BrIN4. The molecule has 0 radical (unpaired) electrons. The summed E-state index contributed by atoms with van der Waals surface area (Å²) in [6.45, 7) is 2.12. The van der Waals surface area contributed by atoms with Crippen molar-refractivity contribution >= 4 is 44.3 Å². The van der Waals surface area contributed by atoms with Crippen LogP contribution < -0.4 is 5.73 Å². The molecule has 0 bridgehead atoms. The van der Waals surface area contributed by atoms with Gasteiger partial charge in [0.2, 0.25) is 0 Å². The second-order valence-electron chi connectivity index (χ2n) is 3.80. The van der Waals surface area contributed by atoms with E-state index in [9.17, 15) is 0 Å². The molecule has 0 atom stereocenters. The minimum absolute atomic E-state index is 0.522. The SMILES string of the molecule is CCCc1nc(-c2ccc(Br)cn2)nc(N)c1I. The Labute approximate surface area is 128 Å². The minimum atomic E-state index is 0.522. The van der Waals surface area contributed by atoms with E-state index >= 15 is 0 Å². The highest BCUT2D eigenvalue weighted by molar-refractivity contribution is 14.1. The molecule has 2 rings (SSSR count). The third-order valence-electron chi connectivity index (χ3n) is 2.39. The van der Waals surface area contributed by atoms with Crippen molar-refractivity contribution < 1.29 is 0 Å². The zero-order valence-electron chi connectivity index (χ0n) is 9.82. The Morgan fingerprint density at radius 2 is 2.11 bits per heavy atom. The number of hydrogen-bond acceptors (Lipinski definition) is 4. The van der Waals surface area contributed by atoms with Gasteiger partial charge in [0.1, 0.15) is 11.5 Å². The molecule has 2 heterocycles. The quantitative estimate of drug-likeness (QED) is 0.775. The van der Waals surface area contributed by atoms with Gasteiger partial charge in [0.05, 0.1) is 9.26 Å². The van der Waals surface area contributed by atoms with E-state index in [1.807, 2.05) is 12.1 Å². The predicted octanol–water partition coefficient (Wildman–Crippen LogP) is 3.44. The molecule has 0 amide bonds. The lowest BCUT2D eigenvalue weighted by atomic mass is 10.2. The number of nitrogens with zero attached hydrogens (tertiary/aromatic N) is 3. The number of anilines is 1. The number of aryl methyl sites for hydroxylation is 1. The monoisotopic (exact) mass is 418 g/mol. The lowest BCUT2D eigenvalue weighted by molar-refractivity contribution is 0.867. The number of aromatic nitrogens is 3. The molecule has 2 aromatic rings. The largest absolute Gasteiger partial charge is 0.383 e.